The van der Waals surface area contributed by atoms with Crippen molar-refractivity contribution in [1.29, 1.82) is 0 Å². The number of hydrogen-bond acceptors (Lipinski definition) is 4. The molecule has 1 saturated heterocycles. The molecule has 1 fully saturated rings. The van der Waals surface area contributed by atoms with Crippen LogP contribution >= 0.6 is 0 Å². The third-order valence-corrected chi connectivity index (χ3v) is 5.33. The van der Waals surface area contributed by atoms with Crippen LogP contribution in [0.25, 0.3) is 5.76 Å². The Morgan fingerprint density at radius 3 is 2.20 bits per heavy atom. The number of aryl methyl sites for hydroxylation is 2. The summed E-state index contributed by atoms with van der Waals surface area (Å²) < 4.78 is 0. The number of aromatic nitrogens is 1. The number of likely N-dealkylation sites (tertiary alicyclic amines) is 1. The minimum Gasteiger partial charge on any atom is -0.507 e. The fourth-order valence-electron chi connectivity index (χ4n) is 3.69. The Kier molecular flexibility index (Phi) is 5.19. The second-order valence-corrected chi connectivity index (χ2v) is 7.56. The van der Waals surface area contributed by atoms with Gasteiger partial charge in [-0.15, -0.1) is 0 Å². The summed E-state index contributed by atoms with van der Waals surface area (Å²) >= 11 is 0. The van der Waals surface area contributed by atoms with E-state index in [-0.39, 0.29) is 17.9 Å². The van der Waals surface area contributed by atoms with Gasteiger partial charge in [0.1, 0.15) is 5.76 Å². The molecule has 5 nitrogen and oxygen atoms in total. The van der Waals surface area contributed by atoms with Crippen LogP contribution in [0.2, 0.25) is 0 Å². The van der Waals surface area contributed by atoms with Gasteiger partial charge in [0.05, 0.1) is 11.6 Å². The third-order valence-electron chi connectivity index (χ3n) is 5.33. The molecule has 0 radical (unpaired) electrons. The molecule has 1 aliphatic heterocycles. The maximum absolute atomic E-state index is 13.0. The van der Waals surface area contributed by atoms with Crippen molar-refractivity contribution < 1.29 is 14.7 Å². The maximum Gasteiger partial charge on any atom is 0.295 e. The number of carbonyl (C=O) groups excluding carboxylic acids is 2. The molecule has 1 N–H and O–H groups in total. The van der Waals surface area contributed by atoms with Gasteiger partial charge in [0.15, 0.2) is 0 Å². The normalized spacial score (nSPS) is 18.1. The van der Waals surface area contributed by atoms with Crippen molar-refractivity contribution in [1.82, 2.24) is 9.88 Å². The van der Waals surface area contributed by atoms with E-state index in [0.717, 1.165) is 22.3 Å². The van der Waals surface area contributed by atoms with Crippen LogP contribution in [-0.4, -0.2) is 26.7 Å². The minimum absolute atomic E-state index is 0.108. The molecule has 0 bridgehead atoms. The van der Waals surface area contributed by atoms with Gasteiger partial charge in [0.25, 0.3) is 11.7 Å². The van der Waals surface area contributed by atoms with Gasteiger partial charge in [-0.05, 0) is 31.0 Å². The lowest BCUT2D eigenvalue weighted by Crippen LogP contribution is -2.29. The van der Waals surface area contributed by atoms with Gasteiger partial charge < -0.3 is 10.0 Å². The molecule has 1 unspecified atom stereocenters. The smallest absolute Gasteiger partial charge is 0.295 e. The van der Waals surface area contributed by atoms with E-state index < -0.39 is 17.7 Å². The van der Waals surface area contributed by atoms with Gasteiger partial charge in [-0.1, -0.05) is 65.7 Å². The number of aliphatic hydroxyl groups excluding tert-OH is 1. The fraction of sp³-hybridized carbons (Fsp3) is 0.160. The predicted molar refractivity (Wildman–Crippen MR) is 114 cm³/mol. The van der Waals surface area contributed by atoms with Crippen LogP contribution < -0.4 is 0 Å². The first-order chi connectivity index (χ1) is 14.5. The number of carbonyl (C=O) groups is 2. The first-order valence-electron chi connectivity index (χ1n) is 9.76. The third kappa shape index (κ3) is 3.62. The van der Waals surface area contributed by atoms with Crippen molar-refractivity contribution in [2.45, 2.75) is 26.4 Å². The van der Waals surface area contributed by atoms with Crippen LogP contribution in [0.3, 0.4) is 0 Å². The summed E-state index contributed by atoms with van der Waals surface area (Å²) in [4.78, 5) is 31.6. The van der Waals surface area contributed by atoms with Gasteiger partial charge >= 0.3 is 0 Å². The molecule has 1 amide bonds. The van der Waals surface area contributed by atoms with Gasteiger partial charge in [-0.25, -0.2) is 0 Å². The van der Waals surface area contributed by atoms with Gasteiger partial charge in [0.2, 0.25) is 0 Å². The highest BCUT2D eigenvalue weighted by atomic mass is 16.3. The molecule has 2 aromatic carbocycles. The van der Waals surface area contributed by atoms with E-state index in [1.807, 2.05) is 56.3 Å². The number of pyridine rings is 1. The lowest BCUT2D eigenvalue weighted by Gasteiger charge is -2.25. The Bertz CT molecular complexity index is 1120. The van der Waals surface area contributed by atoms with Crippen molar-refractivity contribution in [2.24, 2.45) is 0 Å². The zero-order chi connectivity index (χ0) is 21.3. The SMILES string of the molecule is Cc1ccc(C(O)=C2C(=O)C(=O)N(Cc3cccnc3)C2c2ccc(C)cc2)cc1. The summed E-state index contributed by atoms with van der Waals surface area (Å²) in [6, 6.07) is 17.9. The average Bonchev–Trinajstić information content (AvgIpc) is 3.00. The van der Waals surface area contributed by atoms with Gasteiger partial charge in [0, 0.05) is 24.5 Å². The van der Waals surface area contributed by atoms with Crippen molar-refractivity contribution in [3.8, 4) is 0 Å². The first-order valence-corrected chi connectivity index (χ1v) is 9.76. The minimum atomic E-state index is -0.678. The molecule has 0 spiro atoms. The van der Waals surface area contributed by atoms with E-state index in [1.165, 1.54) is 4.90 Å². The lowest BCUT2D eigenvalue weighted by atomic mass is 9.94. The maximum atomic E-state index is 13.0. The average molecular weight is 398 g/mol. The molecular formula is C25H22N2O3. The highest BCUT2D eigenvalue weighted by Crippen LogP contribution is 2.40. The van der Waals surface area contributed by atoms with Gasteiger partial charge in [-0.3, -0.25) is 14.6 Å². The lowest BCUT2D eigenvalue weighted by molar-refractivity contribution is -0.140. The molecule has 4 rings (SSSR count). The van der Waals surface area contributed by atoms with Crippen molar-refractivity contribution >= 4 is 17.4 Å². The highest BCUT2D eigenvalue weighted by molar-refractivity contribution is 6.46. The Morgan fingerprint density at radius 2 is 1.60 bits per heavy atom. The van der Waals surface area contributed by atoms with Gasteiger partial charge in [-0.2, -0.15) is 0 Å². The number of rotatable bonds is 4. The topological polar surface area (TPSA) is 70.5 Å². The fourth-order valence-corrected chi connectivity index (χ4v) is 3.69. The monoisotopic (exact) mass is 398 g/mol. The number of aliphatic hydroxyl groups is 1. The van der Waals surface area contributed by atoms with Crippen molar-refractivity contribution in [2.75, 3.05) is 0 Å². The number of Topliss-reactive ketones (excluding diaryl/α,β-unsaturated/α-hetero) is 1. The van der Waals surface area contributed by atoms with Crippen LogP contribution in [0.5, 0.6) is 0 Å². The molecule has 30 heavy (non-hydrogen) atoms. The molecule has 1 atom stereocenters. The number of benzene rings is 2. The molecule has 0 saturated carbocycles. The molecule has 2 heterocycles. The Balaban J connectivity index is 1.85. The van der Waals surface area contributed by atoms with Crippen LogP contribution in [-0.2, 0) is 16.1 Å². The predicted octanol–water partition coefficient (Wildman–Crippen LogP) is 4.32. The first kappa shape index (κ1) is 19.6. The molecule has 5 heteroatoms. The largest absolute Gasteiger partial charge is 0.507 e. The van der Waals surface area contributed by atoms with Crippen LogP contribution in [0.1, 0.15) is 33.9 Å². The van der Waals surface area contributed by atoms with Crippen molar-refractivity contribution in [3.05, 3.63) is 106 Å². The second-order valence-electron chi connectivity index (χ2n) is 7.56. The van der Waals surface area contributed by atoms with E-state index in [9.17, 15) is 14.7 Å². The zero-order valence-electron chi connectivity index (χ0n) is 16.9. The molecule has 1 aromatic heterocycles. The number of hydrogen-bond donors (Lipinski definition) is 1. The van der Waals surface area contributed by atoms with E-state index >= 15 is 0 Å². The highest BCUT2D eigenvalue weighted by Gasteiger charge is 2.46. The molecule has 1 aliphatic rings. The summed E-state index contributed by atoms with van der Waals surface area (Å²) in [6.45, 7) is 4.15. The van der Waals surface area contributed by atoms with Crippen LogP contribution in [0.4, 0.5) is 0 Å². The Morgan fingerprint density at radius 1 is 0.967 bits per heavy atom. The molecule has 150 valence electrons. The van der Waals surface area contributed by atoms with E-state index in [1.54, 1.807) is 30.6 Å². The Hall–Kier alpha value is -3.73. The van der Waals surface area contributed by atoms with Crippen LogP contribution in [0, 0.1) is 13.8 Å². The van der Waals surface area contributed by atoms with Crippen LogP contribution in [0.15, 0.2) is 78.6 Å². The summed E-state index contributed by atoms with van der Waals surface area (Å²) in [5.41, 5.74) is 4.32. The summed E-state index contributed by atoms with van der Waals surface area (Å²) in [7, 11) is 0. The quantitative estimate of drug-likeness (QED) is 0.404. The Labute approximate surface area is 175 Å². The van der Waals surface area contributed by atoms with E-state index in [4.69, 9.17) is 0 Å². The molecular weight excluding hydrogens is 376 g/mol. The second kappa shape index (κ2) is 7.95. The summed E-state index contributed by atoms with van der Waals surface area (Å²) in [6.07, 6.45) is 3.33. The standard InChI is InChI=1S/C25H22N2O3/c1-16-5-9-19(10-6-16)22-21(23(28)20-11-7-17(2)8-12-20)24(29)25(30)27(22)15-18-4-3-13-26-14-18/h3-14,22,28H,15H2,1-2H3. The van der Waals surface area contributed by atoms with E-state index in [2.05, 4.69) is 4.98 Å². The summed E-state index contributed by atoms with van der Waals surface area (Å²) in [5.74, 6) is -1.46. The summed E-state index contributed by atoms with van der Waals surface area (Å²) in [5, 5.41) is 11.0. The molecule has 0 aliphatic carbocycles. The molecule has 3 aromatic rings. The van der Waals surface area contributed by atoms with Crippen molar-refractivity contribution in [3.63, 3.8) is 0 Å². The van der Waals surface area contributed by atoms with E-state index in [0.29, 0.717) is 5.56 Å². The number of amides is 1. The number of nitrogens with zero attached hydrogens (tertiary/aromatic N) is 2. The zero-order valence-corrected chi connectivity index (χ0v) is 16.9. The number of ketones is 1.